The predicted molar refractivity (Wildman–Crippen MR) is 127 cm³/mol. The van der Waals surface area contributed by atoms with Gasteiger partial charge in [0.15, 0.2) is 0 Å². The predicted octanol–water partition coefficient (Wildman–Crippen LogP) is 6.40. The molecule has 0 saturated heterocycles. The summed E-state index contributed by atoms with van der Waals surface area (Å²) in [7, 11) is 0. The van der Waals surface area contributed by atoms with Gasteiger partial charge in [-0.3, -0.25) is 14.6 Å². The molecule has 3 rings (SSSR count). The maximum atomic E-state index is 12.5. The Balaban J connectivity index is 1.65. The molecule has 2 N–H and O–H groups in total. The van der Waals surface area contributed by atoms with Crippen LogP contribution in [0.3, 0.4) is 0 Å². The number of carboxylic acid groups (broad SMARTS) is 1. The Morgan fingerprint density at radius 3 is 2.55 bits per heavy atom. The number of anilines is 1. The standard InChI is InChI=1S/C24H25ClN2O3S/c1-3-24(4-2,23(29)30)14-22(28)27-18-6-5-7-20(13-18)31-15-19-11-9-16-8-10-17(25)12-21(16)26-19/h5-13H,3-4,14-15H2,1-2H3,(H,27,28)(H,29,30). The second-order valence-corrected chi connectivity index (χ2v) is 8.96. The Morgan fingerprint density at radius 2 is 1.84 bits per heavy atom. The zero-order valence-electron chi connectivity index (χ0n) is 17.5. The highest BCUT2D eigenvalue weighted by Gasteiger charge is 2.37. The highest BCUT2D eigenvalue weighted by Crippen LogP contribution is 2.32. The fourth-order valence-corrected chi connectivity index (χ4v) is 4.45. The van der Waals surface area contributed by atoms with Gasteiger partial charge in [0.2, 0.25) is 5.91 Å². The zero-order chi connectivity index (χ0) is 22.4. The largest absolute Gasteiger partial charge is 0.481 e. The highest BCUT2D eigenvalue weighted by molar-refractivity contribution is 7.98. The van der Waals surface area contributed by atoms with Crippen molar-refractivity contribution in [3.63, 3.8) is 0 Å². The Kier molecular flexibility index (Phi) is 7.57. The van der Waals surface area contributed by atoms with E-state index in [2.05, 4.69) is 10.3 Å². The normalized spacial score (nSPS) is 11.5. The first-order valence-corrected chi connectivity index (χ1v) is 11.5. The Bertz CT molecular complexity index is 1100. The molecule has 3 aromatic rings. The molecule has 0 fully saturated rings. The number of nitrogens with one attached hydrogen (secondary N) is 1. The number of rotatable bonds is 9. The second-order valence-electron chi connectivity index (χ2n) is 7.47. The van der Waals surface area contributed by atoms with Gasteiger partial charge in [0.05, 0.1) is 16.6 Å². The van der Waals surface area contributed by atoms with Crippen LogP contribution in [-0.4, -0.2) is 22.0 Å². The summed E-state index contributed by atoms with van der Waals surface area (Å²) in [5.74, 6) is -0.546. The Hall–Kier alpha value is -2.57. The van der Waals surface area contributed by atoms with Gasteiger partial charge in [0.25, 0.3) is 0 Å². The molecule has 0 saturated carbocycles. The number of amides is 1. The van der Waals surface area contributed by atoms with Crippen molar-refractivity contribution in [1.29, 1.82) is 0 Å². The van der Waals surface area contributed by atoms with Gasteiger partial charge in [0.1, 0.15) is 0 Å². The summed E-state index contributed by atoms with van der Waals surface area (Å²) < 4.78 is 0. The molecular formula is C24H25ClN2O3S. The van der Waals surface area contributed by atoms with Crippen LogP contribution in [0.4, 0.5) is 5.69 Å². The van der Waals surface area contributed by atoms with Crippen molar-refractivity contribution < 1.29 is 14.7 Å². The van der Waals surface area contributed by atoms with Crippen molar-refractivity contribution in [3.05, 3.63) is 65.3 Å². The molecule has 1 heterocycles. The van der Waals surface area contributed by atoms with E-state index in [1.807, 2.05) is 48.5 Å². The molecule has 162 valence electrons. The number of pyridine rings is 1. The molecule has 0 atom stereocenters. The van der Waals surface area contributed by atoms with Crippen molar-refractivity contribution >= 4 is 51.8 Å². The number of hydrogen-bond donors (Lipinski definition) is 2. The first-order chi connectivity index (χ1) is 14.8. The fourth-order valence-electron chi connectivity index (χ4n) is 3.42. The van der Waals surface area contributed by atoms with Crippen molar-refractivity contribution in [2.75, 3.05) is 5.32 Å². The SMILES string of the molecule is CCC(CC)(CC(=O)Nc1cccc(SCc2ccc3ccc(Cl)cc3n2)c1)C(=O)O. The molecule has 5 nitrogen and oxygen atoms in total. The monoisotopic (exact) mass is 456 g/mol. The van der Waals surface area contributed by atoms with E-state index in [4.69, 9.17) is 11.6 Å². The van der Waals surface area contributed by atoms with Crippen LogP contribution in [0.15, 0.2) is 59.5 Å². The summed E-state index contributed by atoms with van der Waals surface area (Å²) in [5, 5.41) is 14.1. The van der Waals surface area contributed by atoms with Crippen molar-refractivity contribution in [1.82, 2.24) is 4.98 Å². The Labute approximate surface area is 191 Å². The lowest BCUT2D eigenvalue weighted by Gasteiger charge is -2.25. The third-order valence-corrected chi connectivity index (χ3v) is 6.78. The number of thioether (sulfide) groups is 1. The van der Waals surface area contributed by atoms with Crippen molar-refractivity contribution in [2.45, 2.75) is 43.8 Å². The highest BCUT2D eigenvalue weighted by atomic mass is 35.5. The van der Waals surface area contributed by atoms with Crippen LogP contribution in [0.2, 0.25) is 5.02 Å². The maximum Gasteiger partial charge on any atom is 0.310 e. The summed E-state index contributed by atoms with van der Waals surface area (Å²) in [5.41, 5.74) is 1.42. The van der Waals surface area contributed by atoms with Crippen LogP contribution in [0.25, 0.3) is 10.9 Å². The number of carboxylic acids is 1. The molecule has 0 spiro atoms. The Morgan fingerprint density at radius 1 is 1.10 bits per heavy atom. The van der Waals surface area contributed by atoms with Crippen molar-refractivity contribution in [2.24, 2.45) is 5.41 Å². The van der Waals surface area contributed by atoms with Crippen LogP contribution in [0.5, 0.6) is 0 Å². The molecule has 0 aliphatic rings. The topological polar surface area (TPSA) is 79.3 Å². The number of hydrogen-bond acceptors (Lipinski definition) is 4. The molecule has 0 unspecified atom stereocenters. The summed E-state index contributed by atoms with van der Waals surface area (Å²) in [6.07, 6.45) is 0.772. The number of halogens is 1. The van der Waals surface area contributed by atoms with Gasteiger partial charge in [-0.15, -0.1) is 11.8 Å². The lowest BCUT2D eigenvalue weighted by molar-refractivity contribution is -0.151. The summed E-state index contributed by atoms with van der Waals surface area (Å²) in [6.45, 7) is 3.61. The van der Waals surface area contributed by atoms with Gasteiger partial charge in [0, 0.05) is 33.2 Å². The zero-order valence-corrected chi connectivity index (χ0v) is 19.1. The lowest BCUT2D eigenvalue weighted by atomic mass is 9.79. The second kappa shape index (κ2) is 10.2. The molecular weight excluding hydrogens is 432 g/mol. The third kappa shape index (κ3) is 5.77. The average Bonchev–Trinajstić information content (AvgIpc) is 2.75. The van der Waals surface area contributed by atoms with E-state index in [0.717, 1.165) is 21.5 Å². The molecule has 0 aliphatic carbocycles. The van der Waals surface area contributed by atoms with E-state index in [1.165, 1.54) is 0 Å². The summed E-state index contributed by atoms with van der Waals surface area (Å²) in [4.78, 5) is 29.8. The van der Waals surface area contributed by atoms with Crippen molar-refractivity contribution in [3.8, 4) is 0 Å². The molecule has 31 heavy (non-hydrogen) atoms. The molecule has 1 aromatic heterocycles. The first kappa shape index (κ1) is 23.1. The molecule has 7 heteroatoms. The van der Waals surface area contributed by atoms with Crippen LogP contribution >= 0.6 is 23.4 Å². The molecule has 0 aliphatic heterocycles. The molecule has 0 radical (unpaired) electrons. The fraction of sp³-hybridized carbons (Fsp3) is 0.292. The van der Waals surface area contributed by atoms with Gasteiger partial charge in [-0.1, -0.05) is 43.6 Å². The van der Waals surface area contributed by atoms with E-state index in [9.17, 15) is 14.7 Å². The quantitative estimate of drug-likeness (QED) is 0.364. The van der Waals surface area contributed by atoms with Gasteiger partial charge in [-0.05, 0) is 49.2 Å². The molecule has 0 bridgehead atoms. The van der Waals surface area contributed by atoms with Gasteiger partial charge in [-0.2, -0.15) is 0 Å². The van der Waals surface area contributed by atoms with Crippen LogP contribution < -0.4 is 5.32 Å². The number of aliphatic carboxylic acids is 1. The smallest absolute Gasteiger partial charge is 0.310 e. The molecule has 1 amide bonds. The first-order valence-electron chi connectivity index (χ1n) is 10.2. The van der Waals surface area contributed by atoms with E-state index in [-0.39, 0.29) is 12.3 Å². The van der Waals surface area contributed by atoms with E-state index >= 15 is 0 Å². The van der Waals surface area contributed by atoms with Gasteiger partial charge in [-0.25, -0.2) is 0 Å². The van der Waals surface area contributed by atoms with Gasteiger partial charge < -0.3 is 10.4 Å². The number of nitrogens with zero attached hydrogens (tertiary/aromatic N) is 1. The van der Waals surface area contributed by atoms with E-state index < -0.39 is 11.4 Å². The number of benzene rings is 2. The van der Waals surface area contributed by atoms with Gasteiger partial charge >= 0.3 is 5.97 Å². The maximum absolute atomic E-state index is 12.5. The number of carbonyl (C=O) groups is 2. The van der Waals surface area contributed by atoms with E-state index in [1.54, 1.807) is 31.7 Å². The summed E-state index contributed by atoms with van der Waals surface area (Å²) in [6, 6.07) is 17.2. The average molecular weight is 457 g/mol. The van der Waals surface area contributed by atoms with Crippen LogP contribution in [-0.2, 0) is 15.3 Å². The number of aromatic nitrogens is 1. The van der Waals surface area contributed by atoms with E-state index in [0.29, 0.717) is 29.3 Å². The third-order valence-electron chi connectivity index (χ3n) is 5.52. The minimum absolute atomic E-state index is 0.0454. The lowest BCUT2D eigenvalue weighted by Crippen LogP contribution is -2.34. The summed E-state index contributed by atoms with van der Waals surface area (Å²) >= 11 is 7.68. The minimum atomic E-state index is -1.03. The van der Waals surface area contributed by atoms with Crippen LogP contribution in [0.1, 0.15) is 38.8 Å². The minimum Gasteiger partial charge on any atom is -0.481 e. The number of fused-ring (bicyclic) bond motifs is 1. The number of carbonyl (C=O) groups excluding carboxylic acids is 1. The van der Waals surface area contributed by atoms with Crippen LogP contribution in [0, 0.1) is 5.41 Å². The molecule has 2 aromatic carbocycles.